The molecule has 0 atom stereocenters. The van der Waals surface area contributed by atoms with Crippen molar-refractivity contribution in [2.45, 2.75) is 6.42 Å². The Balaban J connectivity index is 1.76. The predicted molar refractivity (Wildman–Crippen MR) is 100.0 cm³/mol. The van der Waals surface area contributed by atoms with Gasteiger partial charge in [-0.15, -0.1) is 0 Å². The molecule has 1 aliphatic carbocycles. The first-order valence-electron chi connectivity index (χ1n) is 8.17. The number of halogens is 1. The highest BCUT2D eigenvalue weighted by atomic mass is 35.5. The standard InChI is InChI=1S/C18H19ClN4O3/c1-23(2)9-3-8-20-18-15-16(22-26-18)14(24)10-13(17(15)25)21-12-6-4-11(19)5-7-12/h4-7,10,20-21H,3,8-9H2,1-2H3. The van der Waals surface area contributed by atoms with Crippen LogP contribution in [-0.2, 0) is 0 Å². The Morgan fingerprint density at radius 1 is 1.19 bits per heavy atom. The summed E-state index contributed by atoms with van der Waals surface area (Å²) in [7, 11) is 3.97. The minimum Gasteiger partial charge on any atom is -0.353 e. The molecule has 1 heterocycles. The number of anilines is 2. The minimum absolute atomic E-state index is 0.0340. The summed E-state index contributed by atoms with van der Waals surface area (Å²) in [5.74, 6) is -0.493. The Kier molecular flexibility index (Phi) is 5.39. The van der Waals surface area contributed by atoms with Crippen LogP contribution in [0.25, 0.3) is 0 Å². The number of carbonyl (C=O) groups excluding carboxylic acids is 2. The van der Waals surface area contributed by atoms with Crippen LogP contribution < -0.4 is 10.6 Å². The normalized spacial score (nSPS) is 13.6. The van der Waals surface area contributed by atoms with Crippen LogP contribution in [0, 0.1) is 0 Å². The fourth-order valence-electron chi connectivity index (χ4n) is 2.57. The summed E-state index contributed by atoms with van der Waals surface area (Å²) in [6.45, 7) is 1.49. The zero-order chi connectivity index (χ0) is 18.7. The molecular weight excluding hydrogens is 356 g/mol. The van der Waals surface area contributed by atoms with Crippen molar-refractivity contribution in [2.75, 3.05) is 37.8 Å². The van der Waals surface area contributed by atoms with Crippen molar-refractivity contribution in [3.63, 3.8) is 0 Å². The number of rotatable bonds is 7. The molecule has 136 valence electrons. The average molecular weight is 375 g/mol. The lowest BCUT2D eigenvalue weighted by atomic mass is 9.98. The van der Waals surface area contributed by atoms with Gasteiger partial charge in [-0.25, -0.2) is 0 Å². The maximum atomic E-state index is 12.8. The van der Waals surface area contributed by atoms with Gasteiger partial charge in [-0.05, 0) is 51.3 Å². The molecule has 1 aliphatic rings. The molecule has 0 aliphatic heterocycles. The van der Waals surface area contributed by atoms with Crippen molar-refractivity contribution in [2.24, 2.45) is 0 Å². The van der Waals surface area contributed by atoms with Gasteiger partial charge in [0, 0.05) is 23.3 Å². The van der Waals surface area contributed by atoms with E-state index in [0.29, 0.717) is 17.3 Å². The third kappa shape index (κ3) is 3.95. The molecule has 0 saturated heterocycles. The molecule has 0 amide bonds. The molecular formula is C18H19ClN4O3. The van der Waals surface area contributed by atoms with Crippen molar-refractivity contribution in [1.29, 1.82) is 0 Å². The van der Waals surface area contributed by atoms with E-state index in [0.717, 1.165) is 13.0 Å². The van der Waals surface area contributed by atoms with E-state index in [1.165, 1.54) is 6.08 Å². The van der Waals surface area contributed by atoms with E-state index in [1.54, 1.807) is 24.3 Å². The second kappa shape index (κ2) is 7.72. The van der Waals surface area contributed by atoms with Crippen LogP contribution in [0.5, 0.6) is 0 Å². The van der Waals surface area contributed by atoms with Gasteiger partial charge in [0.05, 0.1) is 5.70 Å². The number of allylic oxidation sites excluding steroid dienone is 2. The zero-order valence-electron chi connectivity index (χ0n) is 14.5. The summed E-state index contributed by atoms with van der Waals surface area (Å²) in [5, 5.41) is 10.3. The van der Waals surface area contributed by atoms with Crippen LogP contribution in [0.2, 0.25) is 5.02 Å². The summed E-state index contributed by atoms with van der Waals surface area (Å²) in [4.78, 5) is 27.1. The van der Waals surface area contributed by atoms with Gasteiger partial charge >= 0.3 is 0 Å². The molecule has 0 bridgehead atoms. The number of nitrogens with zero attached hydrogens (tertiary/aromatic N) is 2. The number of Topliss-reactive ketones (excluding diaryl/α,β-unsaturated/α-hetero) is 1. The fraction of sp³-hybridized carbons (Fsp3) is 0.278. The lowest BCUT2D eigenvalue weighted by Gasteiger charge is -2.14. The Morgan fingerprint density at radius 3 is 2.62 bits per heavy atom. The van der Waals surface area contributed by atoms with Gasteiger partial charge in [-0.2, -0.15) is 0 Å². The maximum absolute atomic E-state index is 12.8. The first-order chi connectivity index (χ1) is 12.5. The van der Waals surface area contributed by atoms with E-state index in [4.69, 9.17) is 16.1 Å². The summed E-state index contributed by atoms with van der Waals surface area (Å²) >= 11 is 5.86. The third-order valence-electron chi connectivity index (χ3n) is 3.86. The van der Waals surface area contributed by atoms with Crippen LogP contribution in [0.4, 0.5) is 11.6 Å². The Bertz CT molecular complexity index is 856. The van der Waals surface area contributed by atoms with Crippen LogP contribution in [-0.4, -0.2) is 48.8 Å². The SMILES string of the molecule is CN(C)CCCNc1onc2c1C(=O)C(Nc1ccc(Cl)cc1)=CC2=O. The highest BCUT2D eigenvalue weighted by Gasteiger charge is 2.33. The minimum atomic E-state index is -0.374. The predicted octanol–water partition coefficient (Wildman–Crippen LogP) is 3.07. The number of fused-ring (bicyclic) bond motifs is 1. The second-order valence-corrected chi connectivity index (χ2v) is 6.64. The summed E-state index contributed by atoms with van der Waals surface area (Å²) in [5.41, 5.74) is 1.03. The van der Waals surface area contributed by atoms with E-state index >= 15 is 0 Å². The topological polar surface area (TPSA) is 87.5 Å². The summed E-state index contributed by atoms with van der Waals surface area (Å²) in [6.07, 6.45) is 2.09. The largest absolute Gasteiger partial charge is 0.353 e. The Labute approximate surface area is 156 Å². The van der Waals surface area contributed by atoms with Crippen molar-refractivity contribution in [1.82, 2.24) is 10.1 Å². The highest BCUT2D eigenvalue weighted by Crippen LogP contribution is 2.28. The number of nitrogens with one attached hydrogen (secondary N) is 2. The number of benzene rings is 1. The smallest absolute Gasteiger partial charge is 0.236 e. The van der Waals surface area contributed by atoms with Gasteiger partial charge in [0.15, 0.2) is 5.69 Å². The van der Waals surface area contributed by atoms with Crippen LogP contribution in [0.3, 0.4) is 0 Å². The molecule has 0 radical (unpaired) electrons. The first-order valence-corrected chi connectivity index (χ1v) is 8.55. The molecule has 2 N–H and O–H groups in total. The lowest BCUT2D eigenvalue weighted by molar-refractivity contribution is 0.0983. The number of hydrogen-bond donors (Lipinski definition) is 2. The molecule has 0 unspecified atom stereocenters. The third-order valence-corrected chi connectivity index (χ3v) is 4.12. The van der Waals surface area contributed by atoms with E-state index in [9.17, 15) is 9.59 Å². The molecule has 0 fully saturated rings. The molecule has 1 aromatic heterocycles. The van der Waals surface area contributed by atoms with Gasteiger partial charge in [-0.1, -0.05) is 16.8 Å². The molecule has 7 nitrogen and oxygen atoms in total. The van der Waals surface area contributed by atoms with Crippen LogP contribution in [0.1, 0.15) is 27.3 Å². The van der Waals surface area contributed by atoms with Gasteiger partial charge in [0.1, 0.15) is 5.56 Å². The van der Waals surface area contributed by atoms with Crippen molar-refractivity contribution in [3.8, 4) is 0 Å². The maximum Gasteiger partial charge on any atom is 0.236 e. The number of hydrogen-bond acceptors (Lipinski definition) is 7. The molecule has 0 saturated carbocycles. The van der Waals surface area contributed by atoms with Crippen molar-refractivity contribution < 1.29 is 14.1 Å². The van der Waals surface area contributed by atoms with Crippen LogP contribution in [0.15, 0.2) is 40.6 Å². The van der Waals surface area contributed by atoms with E-state index < -0.39 is 0 Å². The average Bonchev–Trinajstić information content (AvgIpc) is 3.03. The molecule has 2 aromatic rings. The van der Waals surface area contributed by atoms with Crippen LogP contribution >= 0.6 is 11.6 Å². The van der Waals surface area contributed by atoms with Gasteiger partial charge in [0.2, 0.25) is 17.5 Å². The summed E-state index contributed by atoms with van der Waals surface area (Å²) < 4.78 is 5.18. The van der Waals surface area contributed by atoms with E-state index in [-0.39, 0.29) is 34.4 Å². The number of carbonyl (C=O) groups is 2. The quantitative estimate of drug-likeness (QED) is 0.720. The Morgan fingerprint density at radius 2 is 1.92 bits per heavy atom. The number of aromatic nitrogens is 1. The van der Waals surface area contributed by atoms with Crippen molar-refractivity contribution in [3.05, 3.63) is 52.3 Å². The van der Waals surface area contributed by atoms with Gasteiger partial charge < -0.3 is 20.1 Å². The molecule has 1 aromatic carbocycles. The van der Waals surface area contributed by atoms with E-state index in [1.807, 2.05) is 14.1 Å². The molecule has 3 rings (SSSR count). The molecule has 26 heavy (non-hydrogen) atoms. The molecule has 8 heteroatoms. The van der Waals surface area contributed by atoms with Crippen molar-refractivity contribution >= 4 is 34.7 Å². The van der Waals surface area contributed by atoms with Gasteiger partial charge in [-0.3, -0.25) is 9.59 Å². The summed E-state index contributed by atoms with van der Waals surface area (Å²) in [6, 6.07) is 6.85. The molecule has 0 spiro atoms. The van der Waals surface area contributed by atoms with Gasteiger partial charge in [0.25, 0.3) is 0 Å². The Hall–Kier alpha value is -2.64. The highest BCUT2D eigenvalue weighted by molar-refractivity contribution is 6.30. The lowest BCUT2D eigenvalue weighted by Crippen LogP contribution is -2.22. The zero-order valence-corrected chi connectivity index (χ0v) is 15.3. The number of ketones is 2. The first kappa shape index (κ1) is 18.2. The second-order valence-electron chi connectivity index (χ2n) is 6.20. The monoisotopic (exact) mass is 374 g/mol. The van der Waals surface area contributed by atoms with E-state index in [2.05, 4.69) is 20.7 Å². The fourth-order valence-corrected chi connectivity index (χ4v) is 2.69.